The zero-order valence-corrected chi connectivity index (χ0v) is 15.2. The van der Waals surface area contributed by atoms with Gasteiger partial charge in [-0.3, -0.25) is 9.89 Å². The van der Waals surface area contributed by atoms with Crippen LogP contribution < -0.4 is 5.73 Å². The number of piperidine rings is 1. The second-order valence-electron chi connectivity index (χ2n) is 6.73. The lowest BCUT2D eigenvalue weighted by Crippen LogP contribution is -2.38. The largest absolute Gasteiger partial charge is 0.382 e. The van der Waals surface area contributed by atoms with Gasteiger partial charge in [-0.25, -0.2) is 4.98 Å². The molecule has 3 aromatic rings. The highest BCUT2D eigenvalue weighted by Gasteiger charge is 2.29. The molecule has 4 rings (SSSR count). The second kappa shape index (κ2) is 7.22. The minimum atomic E-state index is -0.0598. The van der Waals surface area contributed by atoms with Crippen molar-refractivity contribution in [2.75, 3.05) is 18.8 Å². The van der Waals surface area contributed by atoms with E-state index in [2.05, 4.69) is 36.9 Å². The molecule has 0 aliphatic carbocycles. The summed E-state index contributed by atoms with van der Waals surface area (Å²) in [5, 5.41) is 15.4. The third-order valence-corrected chi connectivity index (χ3v) is 5.03. The van der Waals surface area contributed by atoms with Crippen molar-refractivity contribution in [3.8, 4) is 0 Å². The van der Waals surface area contributed by atoms with Crippen molar-refractivity contribution in [2.24, 2.45) is 0 Å². The molecule has 1 aliphatic heterocycles. The molecule has 3 N–H and O–H groups in total. The lowest BCUT2D eigenvalue weighted by Gasteiger charge is -2.31. The lowest BCUT2D eigenvalue weighted by molar-refractivity contribution is 0.0704. The topological polar surface area (TPSA) is 124 Å². The SMILES string of the molecule is CCn1c(Cn2ccnc2)nnc1C1CCN(C(=O)c2cc(N)n[nH]2)CC1. The van der Waals surface area contributed by atoms with Crippen LogP contribution in [0.25, 0.3) is 0 Å². The van der Waals surface area contributed by atoms with Gasteiger partial charge in [0.2, 0.25) is 0 Å². The number of aromatic nitrogens is 7. The Hall–Kier alpha value is -3.17. The van der Waals surface area contributed by atoms with E-state index >= 15 is 0 Å². The predicted molar refractivity (Wildman–Crippen MR) is 97.9 cm³/mol. The van der Waals surface area contributed by atoms with Crippen LogP contribution in [0.5, 0.6) is 0 Å². The smallest absolute Gasteiger partial charge is 0.271 e. The Balaban J connectivity index is 1.43. The molecule has 0 bridgehead atoms. The van der Waals surface area contributed by atoms with E-state index in [9.17, 15) is 4.79 Å². The average Bonchev–Trinajstić information content (AvgIpc) is 3.43. The maximum Gasteiger partial charge on any atom is 0.271 e. The van der Waals surface area contributed by atoms with E-state index in [0.717, 1.165) is 31.0 Å². The van der Waals surface area contributed by atoms with E-state index in [1.807, 2.05) is 15.7 Å². The number of nitrogen functional groups attached to an aromatic ring is 1. The number of anilines is 1. The maximum absolute atomic E-state index is 12.5. The summed E-state index contributed by atoms with van der Waals surface area (Å²) in [6.07, 6.45) is 7.17. The summed E-state index contributed by atoms with van der Waals surface area (Å²) in [4.78, 5) is 18.4. The number of rotatable bonds is 5. The van der Waals surface area contributed by atoms with Crippen LogP contribution in [-0.2, 0) is 13.1 Å². The average molecular weight is 369 g/mol. The fraction of sp³-hybridized carbons (Fsp3) is 0.471. The number of nitrogens with zero attached hydrogens (tertiary/aromatic N) is 7. The molecule has 142 valence electrons. The van der Waals surface area contributed by atoms with Crippen LogP contribution in [0.2, 0.25) is 0 Å². The molecule has 27 heavy (non-hydrogen) atoms. The fourth-order valence-corrected chi connectivity index (χ4v) is 3.61. The Labute approximate surface area is 156 Å². The molecular weight excluding hydrogens is 346 g/mol. The monoisotopic (exact) mass is 369 g/mol. The number of likely N-dealkylation sites (tertiary alicyclic amines) is 1. The van der Waals surface area contributed by atoms with Gasteiger partial charge in [0, 0.05) is 44.0 Å². The van der Waals surface area contributed by atoms with Gasteiger partial charge in [-0.2, -0.15) is 5.10 Å². The Morgan fingerprint density at radius 1 is 1.33 bits per heavy atom. The lowest BCUT2D eigenvalue weighted by atomic mass is 9.95. The number of amides is 1. The summed E-state index contributed by atoms with van der Waals surface area (Å²) in [6.45, 7) is 4.93. The van der Waals surface area contributed by atoms with Gasteiger partial charge >= 0.3 is 0 Å². The van der Waals surface area contributed by atoms with Gasteiger partial charge in [0.1, 0.15) is 17.3 Å². The number of carbonyl (C=O) groups is 1. The van der Waals surface area contributed by atoms with Crippen LogP contribution >= 0.6 is 0 Å². The molecule has 0 atom stereocenters. The normalized spacial score (nSPS) is 15.4. The molecule has 1 fully saturated rings. The molecule has 0 spiro atoms. The van der Waals surface area contributed by atoms with Crippen LogP contribution in [0.1, 0.15) is 47.8 Å². The van der Waals surface area contributed by atoms with Gasteiger partial charge in [0.05, 0.1) is 12.9 Å². The quantitative estimate of drug-likeness (QED) is 0.688. The predicted octanol–water partition coefficient (Wildman–Crippen LogP) is 0.868. The molecule has 1 saturated heterocycles. The third-order valence-electron chi connectivity index (χ3n) is 5.03. The van der Waals surface area contributed by atoms with E-state index in [1.54, 1.807) is 18.6 Å². The maximum atomic E-state index is 12.5. The van der Waals surface area contributed by atoms with Crippen molar-refractivity contribution >= 4 is 11.7 Å². The van der Waals surface area contributed by atoms with Crippen LogP contribution in [0.4, 0.5) is 5.82 Å². The number of nitrogens with one attached hydrogen (secondary N) is 1. The summed E-state index contributed by atoms with van der Waals surface area (Å²) >= 11 is 0. The zero-order chi connectivity index (χ0) is 18.8. The van der Waals surface area contributed by atoms with Gasteiger partial charge in [-0.15, -0.1) is 10.2 Å². The molecule has 0 radical (unpaired) electrons. The van der Waals surface area contributed by atoms with E-state index in [0.29, 0.717) is 37.1 Å². The molecule has 1 amide bonds. The number of H-pyrrole nitrogens is 1. The first-order chi connectivity index (χ1) is 13.2. The van der Waals surface area contributed by atoms with Crippen molar-refractivity contribution in [1.82, 2.24) is 39.4 Å². The van der Waals surface area contributed by atoms with Crippen molar-refractivity contribution < 1.29 is 4.79 Å². The number of imidazole rings is 1. The first kappa shape index (κ1) is 17.3. The highest BCUT2D eigenvalue weighted by Crippen LogP contribution is 2.28. The third kappa shape index (κ3) is 3.42. The molecule has 0 saturated carbocycles. The zero-order valence-electron chi connectivity index (χ0n) is 15.2. The summed E-state index contributed by atoms with van der Waals surface area (Å²) < 4.78 is 4.16. The summed E-state index contributed by atoms with van der Waals surface area (Å²) in [5.74, 6) is 2.50. The van der Waals surface area contributed by atoms with Crippen LogP contribution in [0.15, 0.2) is 24.8 Å². The number of hydrogen-bond acceptors (Lipinski definition) is 6. The van der Waals surface area contributed by atoms with Crippen molar-refractivity contribution in [3.05, 3.63) is 42.1 Å². The fourth-order valence-electron chi connectivity index (χ4n) is 3.61. The molecule has 0 unspecified atom stereocenters. The summed E-state index contributed by atoms with van der Waals surface area (Å²) in [6, 6.07) is 1.57. The van der Waals surface area contributed by atoms with Gasteiger partial charge in [-0.1, -0.05) is 0 Å². The standard InChI is InChI=1S/C17H23N9O/c1-2-26-15(10-24-8-5-19-11-24)22-23-16(26)12-3-6-25(7-4-12)17(27)13-9-14(18)21-20-13/h5,8-9,11-12H,2-4,6-7,10H2,1H3,(H3,18,20,21). The highest BCUT2D eigenvalue weighted by atomic mass is 16.2. The Bertz CT molecular complexity index is 903. The summed E-state index contributed by atoms with van der Waals surface area (Å²) in [5.41, 5.74) is 6.03. The van der Waals surface area contributed by atoms with Crippen LogP contribution in [-0.4, -0.2) is 58.4 Å². The highest BCUT2D eigenvalue weighted by molar-refractivity contribution is 5.93. The van der Waals surface area contributed by atoms with Gasteiger partial charge < -0.3 is 19.8 Å². The van der Waals surface area contributed by atoms with Gasteiger partial charge in [0.15, 0.2) is 5.82 Å². The number of carbonyl (C=O) groups excluding carboxylic acids is 1. The van der Waals surface area contributed by atoms with Crippen LogP contribution in [0.3, 0.4) is 0 Å². The minimum Gasteiger partial charge on any atom is -0.382 e. The first-order valence-electron chi connectivity index (χ1n) is 9.13. The second-order valence-corrected chi connectivity index (χ2v) is 6.73. The molecule has 10 nitrogen and oxygen atoms in total. The van der Waals surface area contributed by atoms with E-state index < -0.39 is 0 Å². The van der Waals surface area contributed by atoms with Gasteiger partial charge in [-0.05, 0) is 19.8 Å². The minimum absolute atomic E-state index is 0.0598. The van der Waals surface area contributed by atoms with E-state index in [4.69, 9.17) is 5.73 Å². The Morgan fingerprint density at radius 3 is 2.78 bits per heavy atom. The van der Waals surface area contributed by atoms with Crippen molar-refractivity contribution in [2.45, 2.75) is 38.8 Å². The summed E-state index contributed by atoms with van der Waals surface area (Å²) in [7, 11) is 0. The van der Waals surface area contributed by atoms with Crippen molar-refractivity contribution in [3.63, 3.8) is 0 Å². The van der Waals surface area contributed by atoms with E-state index in [1.165, 1.54) is 0 Å². The molecule has 1 aliphatic rings. The molecular formula is C17H23N9O. The van der Waals surface area contributed by atoms with E-state index in [-0.39, 0.29) is 5.91 Å². The number of hydrogen-bond donors (Lipinski definition) is 2. The molecule has 3 aromatic heterocycles. The number of nitrogens with two attached hydrogens (primary N) is 1. The van der Waals surface area contributed by atoms with Crippen LogP contribution in [0, 0.1) is 0 Å². The molecule has 10 heteroatoms. The Morgan fingerprint density at radius 2 is 2.15 bits per heavy atom. The first-order valence-corrected chi connectivity index (χ1v) is 9.13. The Kier molecular flexibility index (Phi) is 4.61. The molecule has 0 aromatic carbocycles. The number of aromatic amines is 1. The van der Waals surface area contributed by atoms with Crippen molar-refractivity contribution in [1.29, 1.82) is 0 Å². The molecule has 4 heterocycles. The van der Waals surface area contributed by atoms with Gasteiger partial charge in [0.25, 0.3) is 5.91 Å².